The molecule has 0 spiro atoms. The number of benzene rings is 2. The molecule has 28 heavy (non-hydrogen) atoms. The van der Waals surface area contributed by atoms with Crippen molar-refractivity contribution in [3.8, 4) is 0 Å². The summed E-state index contributed by atoms with van der Waals surface area (Å²) in [5.41, 5.74) is 0.854. The molecule has 0 aliphatic heterocycles. The van der Waals surface area contributed by atoms with Gasteiger partial charge in [-0.1, -0.05) is 41.9 Å². The number of hydrogen-bond donors (Lipinski definition) is 2. The van der Waals surface area contributed by atoms with E-state index in [-0.39, 0.29) is 37.3 Å². The summed E-state index contributed by atoms with van der Waals surface area (Å²) in [7, 11) is 0. The second-order valence-corrected chi connectivity index (χ2v) is 6.61. The number of nitrogens with zero attached hydrogens (tertiary/aromatic N) is 2. The summed E-state index contributed by atoms with van der Waals surface area (Å²) < 4.78 is 1.23. The lowest BCUT2D eigenvalue weighted by atomic mass is 10.2. The van der Waals surface area contributed by atoms with Crippen LogP contribution in [0.4, 0.5) is 0 Å². The zero-order chi connectivity index (χ0) is 20.1. The summed E-state index contributed by atoms with van der Waals surface area (Å²) in [6, 6.07) is 13.9. The van der Waals surface area contributed by atoms with Crippen LogP contribution in [-0.4, -0.2) is 26.5 Å². The first-order valence-electron chi connectivity index (χ1n) is 8.66. The van der Waals surface area contributed by atoms with Crippen molar-refractivity contribution in [2.75, 3.05) is 0 Å². The molecule has 0 atom stereocenters. The summed E-state index contributed by atoms with van der Waals surface area (Å²) in [6.45, 7) is -0.0329. The molecule has 0 saturated heterocycles. The molecule has 0 saturated carbocycles. The Hall–Kier alpha value is -3.19. The molecule has 8 heteroatoms. The first-order chi connectivity index (χ1) is 13.5. The van der Waals surface area contributed by atoms with Crippen molar-refractivity contribution < 1.29 is 14.7 Å². The number of carbonyl (C=O) groups excluding carboxylic acids is 1. The topological polar surface area (TPSA) is 101 Å². The monoisotopic (exact) mass is 399 g/mol. The van der Waals surface area contributed by atoms with E-state index < -0.39 is 11.9 Å². The molecule has 144 valence electrons. The Morgan fingerprint density at radius 2 is 1.82 bits per heavy atom. The molecule has 2 N–H and O–H groups in total. The number of aromatic nitrogens is 2. The van der Waals surface area contributed by atoms with Crippen molar-refractivity contribution in [3.05, 3.63) is 75.3 Å². The summed E-state index contributed by atoms with van der Waals surface area (Å²) in [6.07, 6.45) is -0.140. The maximum Gasteiger partial charge on any atom is 0.303 e. The average Bonchev–Trinajstić information content (AvgIpc) is 2.68. The van der Waals surface area contributed by atoms with Crippen molar-refractivity contribution in [3.63, 3.8) is 0 Å². The van der Waals surface area contributed by atoms with Crippen LogP contribution in [0.25, 0.3) is 10.9 Å². The average molecular weight is 400 g/mol. The molecule has 3 aromatic rings. The molecule has 0 aliphatic carbocycles. The molecule has 0 fully saturated rings. The number of carboxylic acids is 1. The molecule has 0 aliphatic rings. The lowest BCUT2D eigenvalue weighted by Gasteiger charge is -2.13. The van der Waals surface area contributed by atoms with Gasteiger partial charge in [0, 0.05) is 18.0 Å². The number of carbonyl (C=O) groups is 2. The standard InChI is InChI=1S/C20H18ClN3O4/c21-15-7-3-1-5-13(15)11-22-18(25)12-24-17(9-10-19(26)27)23-16-8-4-2-6-14(16)20(24)28/h1-8H,9-12H2,(H,22,25)(H,26,27). The third-order valence-electron chi connectivity index (χ3n) is 4.24. The summed E-state index contributed by atoms with van der Waals surface area (Å²) >= 11 is 6.08. The number of aliphatic carboxylic acids is 1. The molecule has 1 aromatic heterocycles. The Kier molecular flexibility index (Phi) is 6.06. The highest BCUT2D eigenvalue weighted by molar-refractivity contribution is 6.31. The largest absolute Gasteiger partial charge is 0.481 e. The van der Waals surface area contributed by atoms with Gasteiger partial charge < -0.3 is 10.4 Å². The smallest absolute Gasteiger partial charge is 0.303 e. The molecule has 2 aromatic carbocycles. The molecule has 1 amide bonds. The van der Waals surface area contributed by atoms with Gasteiger partial charge >= 0.3 is 5.97 Å². The fraction of sp³-hybridized carbons (Fsp3) is 0.200. The van der Waals surface area contributed by atoms with Crippen molar-refractivity contribution in [1.29, 1.82) is 0 Å². The Morgan fingerprint density at radius 1 is 1.11 bits per heavy atom. The lowest BCUT2D eigenvalue weighted by Crippen LogP contribution is -2.34. The van der Waals surface area contributed by atoms with Gasteiger partial charge in [0.2, 0.25) is 5.91 Å². The predicted molar refractivity (Wildman–Crippen MR) is 105 cm³/mol. The molecular formula is C20H18ClN3O4. The SMILES string of the molecule is O=C(O)CCc1nc2ccccc2c(=O)n1CC(=O)NCc1ccccc1Cl. The predicted octanol–water partition coefficient (Wildman–Crippen LogP) is 2.38. The first kappa shape index (κ1) is 19.6. The number of halogens is 1. The number of nitrogens with one attached hydrogen (secondary N) is 1. The van der Waals surface area contributed by atoms with Crippen LogP contribution in [0.1, 0.15) is 17.8 Å². The van der Waals surface area contributed by atoms with Gasteiger partial charge in [-0.3, -0.25) is 19.0 Å². The van der Waals surface area contributed by atoms with Gasteiger partial charge in [-0.05, 0) is 23.8 Å². The van der Waals surface area contributed by atoms with Crippen molar-refractivity contribution >= 4 is 34.4 Å². The minimum Gasteiger partial charge on any atom is -0.481 e. The van der Waals surface area contributed by atoms with Crippen LogP contribution in [0.15, 0.2) is 53.3 Å². The third kappa shape index (κ3) is 4.55. The Morgan fingerprint density at radius 3 is 2.57 bits per heavy atom. The van der Waals surface area contributed by atoms with Crippen LogP contribution < -0.4 is 10.9 Å². The van der Waals surface area contributed by atoms with E-state index in [0.29, 0.717) is 15.9 Å². The van der Waals surface area contributed by atoms with Crippen LogP contribution in [0, 0.1) is 0 Å². The fourth-order valence-corrected chi connectivity index (χ4v) is 3.02. The minimum absolute atomic E-state index is 0.0488. The van der Waals surface area contributed by atoms with Crippen LogP contribution in [0.3, 0.4) is 0 Å². The number of carboxylic acid groups (broad SMARTS) is 1. The molecule has 0 bridgehead atoms. The highest BCUT2D eigenvalue weighted by atomic mass is 35.5. The van der Waals surface area contributed by atoms with Crippen LogP contribution >= 0.6 is 11.6 Å². The number of para-hydroxylation sites is 1. The number of fused-ring (bicyclic) bond motifs is 1. The van der Waals surface area contributed by atoms with E-state index in [2.05, 4.69) is 10.3 Å². The normalized spacial score (nSPS) is 10.8. The zero-order valence-corrected chi connectivity index (χ0v) is 15.6. The van der Waals surface area contributed by atoms with E-state index in [1.165, 1.54) is 4.57 Å². The maximum absolute atomic E-state index is 12.8. The quantitative estimate of drug-likeness (QED) is 0.635. The summed E-state index contributed by atoms with van der Waals surface area (Å²) in [5, 5.41) is 12.6. The van der Waals surface area contributed by atoms with Gasteiger partial charge in [0.25, 0.3) is 5.56 Å². The number of amides is 1. The van der Waals surface area contributed by atoms with Gasteiger partial charge in [-0.15, -0.1) is 0 Å². The van der Waals surface area contributed by atoms with Crippen molar-refractivity contribution in [2.24, 2.45) is 0 Å². The molecule has 3 rings (SSSR count). The van der Waals surface area contributed by atoms with Crippen LogP contribution in [0.5, 0.6) is 0 Å². The first-order valence-corrected chi connectivity index (χ1v) is 9.04. The van der Waals surface area contributed by atoms with E-state index in [4.69, 9.17) is 16.7 Å². The molecule has 1 heterocycles. The van der Waals surface area contributed by atoms with Gasteiger partial charge in [-0.2, -0.15) is 0 Å². The van der Waals surface area contributed by atoms with Gasteiger partial charge in [-0.25, -0.2) is 4.98 Å². The Labute approximate surface area is 165 Å². The van der Waals surface area contributed by atoms with E-state index >= 15 is 0 Å². The number of hydrogen-bond acceptors (Lipinski definition) is 4. The molecular weight excluding hydrogens is 382 g/mol. The summed E-state index contributed by atoms with van der Waals surface area (Å²) in [4.78, 5) is 40.6. The van der Waals surface area contributed by atoms with E-state index in [1.54, 1.807) is 42.5 Å². The van der Waals surface area contributed by atoms with E-state index in [9.17, 15) is 14.4 Å². The third-order valence-corrected chi connectivity index (χ3v) is 4.61. The van der Waals surface area contributed by atoms with Gasteiger partial charge in [0.15, 0.2) is 0 Å². The minimum atomic E-state index is -1.00. The Bertz CT molecular complexity index is 1090. The molecule has 0 radical (unpaired) electrons. The second-order valence-electron chi connectivity index (χ2n) is 6.20. The van der Waals surface area contributed by atoms with E-state index in [1.807, 2.05) is 6.07 Å². The van der Waals surface area contributed by atoms with Gasteiger partial charge in [0.05, 0.1) is 17.3 Å². The van der Waals surface area contributed by atoms with Crippen LogP contribution in [0.2, 0.25) is 5.02 Å². The number of aryl methyl sites for hydroxylation is 1. The fourth-order valence-electron chi connectivity index (χ4n) is 2.82. The Balaban J connectivity index is 1.85. The lowest BCUT2D eigenvalue weighted by molar-refractivity contribution is -0.137. The highest BCUT2D eigenvalue weighted by Gasteiger charge is 2.15. The second kappa shape index (κ2) is 8.67. The van der Waals surface area contributed by atoms with E-state index in [0.717, 1.165) is 5.56 Å². The van der Waals surface area contributed by atoms with Crippen molar-refractivity contribution in [2.45, 2.75) is 25.9 Å². The highest BCUT2D eigenvalue weighted by Crippen LogP contribution is 2.14. The maximum atomic E-state index is 12.8. The summed E-state index contributed by atoms with van der Waals surface area (Å²) in [5.74, 6) is -1.13. The zero-order valence-electron chi connectivity index (χ0n) is 14.9. The number of rotatable bonds is 7. The van der Waals surface area contributed by atoms with Gasteiger partial charge in [0.1, 0.15) is 12.4 Å². The van der Waals surface area contributed by atoms with Crippen LogP contribution in [-0.2, 0) is 29.1 Å². The molecule has 7 nitrogen and oxygen atoms in total. The molecule has 0 unspecified atom stereocenters. The van der Waals surface area contributed by atoms with Crippen molar-refractivity contribution in [1.82, 2.24) is 14.9 Å².